The lowest BCUT2D eigenvalue weighted by molar-refractivity contribution is -0.124. The minimum absolute atomic E-state index is 0.0761. The molecule has 70 valence electrons. The van der Waals surface area contributed by atoms with E-state index in [9.17, 15) is 4.79 Å². The molecule has 0 radical (unpaired) electrons. The molecule has 0 aromatic rings. The molecule has 1 rings (SSSR count). The number of likely N-dealkylation sites (N-methyl/N-ethyl adjacent to an activating group) is 1. The summed E-state index contributed by atoms with van der Waals surface area (Å²) < 4.78 is 0. The Morgan fingerprint density at radius 1 is 1.67 bits per heavy atom. The third-order valence-corrected chi connectivity index (χ3v) is 2.00. The number of hydrogen-bond acceptors (Lipinski definition) is 3. The highest BCUT2D eigenvalue weighted by Gasteiger charge is 2.23. The van der Waals surface area contributed by atoms with E-state index in [0.29, 0.717) is 0 Å². The summed E-state index contributed by atoms with van der Waals surface area (Å²) in [4.78, 5) is 13.3. The van der Waals surface area contributed by atoms with Crippen LogP contribution in [0.1, 0.15) is 6.42 Å². The van der Waals surface area contributed by atoms with Crippen molar-refractivity contribution in [2.24, 2.45) is 0 Å². The Hall–Kier alpha value is -0.610. The zero-order chi connectivity index (χ0) is 8.97. The standard InChI is InChI=1S/C8H17N3O/c1-11(2)6-5-10-8(12)7-3-4-9-7/h7,9H,3-6H2,1-2H3,(H,10,12)/t7-/m0/s1. The molecule has 12 heavy (non-hydrogen) atoms. The van der Waals surface area contributed by atoms with E-state index in [4.69, 9.17) is 0 Å². The predicted molar refractivity (Wildman–Crippen MR) is 48.0 cm³/mol. The summed E-state index contributed by atoms with van der Waals surface area (Å²) in [5.41, 5.74) is 0. The first-order chi connectivity index (χ1) is 5.70. The fourth-order valence-corrected chi connectivity index (χ4v) is 1.04. The van der Waals surface area contributed by atoms with Crippen molar-refractivity contribution in [3.8, 4) is 0 Å². The molecule has 1 atom stereocenters. The van der Waals surface area contributed by atoms with Gasteiger partial charge in [0.25, 0.3) is 0 Å². The number of nitrogens with one attached hydrogen (secondary N) is 2. The van der Waals surface area contributed by atoms with E-state index >= 15 is 0 Å². The maximum absolute atomic E-state index is 11.2. The third-order valence-electron chi connectivity index (χ3n) is 2.00. The first-order valence-electron chi connectivity index (χ1n) is 4.36. The summed E-state index contributed by atoms with van der Waals surface area (Å²) >= 11 is 0. The van der Waals surface area contributed by atoms with Crippen molar-refractivity contribution >= 4 is 5.91 Å². The van der Waals surface area contributed by atoms with Crippen LogP contribution in [0.5, 0.6) is 0 Å². The minimum Gasteiger partial charge on any atom is -0.353 e. The zero-order valence-corrected chi connectivity index (χ0v) is 7.76. The fraction of sp³-hybridized carbons (Fsp3) is 0.875. The normalized spacial score (nSPS) is 22.1. The summed E-state index contributed by atoms with van der Waals surface area (Å²) in [5, 5.41) is 5.93. The average molecular weight is 171 g/mol. The van der Waals surface area contributed by atoms with Crippen LogP contribution >= 0.6 is 0 Å². The SMILES string of the molecule is CN(C)CCNC(=O)[C@@H]1CCN1. The van der Waals surface area contributed by atoms with Gasteiger partial charge in [0.15, 0.2) is 0 Å². The first-order valence-corrected chi connectivity index (χ1v) is 4.36. The Kier molecular flexibility index (Phi) is 3.49. The van der Waals surface area contributed by atoms with Crippen LogP contribution in [0.15, 0.2) is 0 Å². The summed E-state index contributed by atoms with van der Waals surface area (Å²) in [6, 6.07) is 0.0761. The molecule has 0 bridgehead atoms. The van der Waals surface area contributed by atoms with Gasteiger partial charge >= 0.3 is 0 Å². The molecule has 0 saturated carbocycles. The van der Waals surface area contributed by atoms with Crippen molar-refractivity contribution < 1.29 is 4.79 Å². The zero-order valence-electron chi connectivity index (χ0n) is 7.76. The Morgan fingerprint density at radius 3 is 2.75 bits per heavy atom. The lowest BCUT2D eigenvalue weighted by Gasteiger charge is -2.26. The Bertz CT molecular complexity index is 154. The van der Waals surface area contributed by atoms with Gasteiger partial charge in [0.05, 0.1) is 6.04 Å². The molecule has 1 aliphatic heterocycles. The monoisotopic (exact) mass is 171 g/mol. The van der Waals surface area contributed by atoms with Gasteiger partial charge in [0.1, 0.15) is 0 Å². The molecule has 4 nitrogen and oxygen atoms in total. The third kappa shape index (κ3) is 2.79. The van der Waals surface area contributed by atoms with Crippen LogP contribution in [-0.2, 0) is 4.79 Å². The van der Waals surface area contributed by atoms with Gasteiger partial charge in [0, 0.05) is 13.1 Å². The Morgan fingerprint density at radius 2 is 2.33 bits per heavy atom. The maximum Gasteiger partial charge on any atom is 0.237 e. The highest BCUT2D eigenvalue weighted by molar-refractivity contribution is 5.82. The van der Waals surface area contributed by atoms with E-state index < -0.39 is 0 Å². The van der Waals surface area contributed by atoms with Crippen molar-refractivity contribution in [1.29, 1.82) is 0 Å². The van der Waals surface area contributed by atoms with Crippen molar-refractivity contribution in [3.05, 3.63) is 0 Å². The number of nitrogens with zero attached hydrogens (tertiary/aromatic N) is 1. The van der Waals surface area contributed by atoms with Gasteiger partial charge in [-0.15, -0.1) is 0 Å². The topological polar surface area (TPSA) is 44.4 Å². The highest BCUT2D eigenvalue weighted by Crippen LogP contribution is 2.00. The second kappa shape index (κ2) is 4.42. The van der Waals surface area contributed by atoms with Crippen molar-refractivity contribution in [2.45, 2.75) is 12.5 Å². The van der Waals surface area contributed by atoms with Gasteiger partial charge in [-0.2, -0.15) is 0 Å². The molecule has 1 aliphatic rings. The van der Waals surface area contributed by atoms with E-state index in [-0.39, 0.29) is 11.9 Å². The van der Waals surface area contributed by atoms with E-state index in [0.717, 1.165) is 26.1 Å². The molecular formula is C8H17N3O. The first kappa shape index (κ1) is 9.48. The van der Waals surface area contributed by atoms with Crippen LogP contribution in [-0.4, -0.2) is 50.6 Å². The summed E-state index contributed by atoms with van der Waals surface area (Å²) in [6.45, 7) is 2.62. The van der Waals surface area contributed by atoms with E-state index in [1.165, 1.54) is 0 Å². The number of carbonyl (C=O) groups excluding carboxylic acids is 1. The van der Waals surface area contributed by atoms with Gasteiger partial charge in [-0.25, -0.2) is 0 Å². The molecule has 0 aromatic carbocycles. The van der Waals surface area contributed by atoms with Gasteiger partial charge in [0.2, 0.25) is 5.91 Å². The van der Waals surface area contributed by atoms with Crippen molar-refractivity contribution in [1.82, 2.24) is 15.5 Å². The maximum atomic E-state index is 11.2. The molecule has 0 unspecified atom stereocenters. The van der Waals surface area contributed by atoms with Gasteiger partial charge < -0.3 is 15.5 Å². The summed E-state index contributed by atoms with van der Waals surface area (Å²) in [7, 11) is 3.99. The van der Waals surface area contributed by atoms with Gasteiger partial charge in [-0.1, -0.05) is 0 Å². The van der Waals surface area contributed by atoms with Gasteiger partial charge in [-0.3, -0.25) is 4.79 Å². The highest BCUT2D eigenvalue weighted by atomic mass is 16.2. The van der Waals surface area contributed by atoms with E-state index in [1.807, 2.05) is 14.1 Å². The van der Waals surface area contributed by atoms with Crippen LogP contribution in [0.2, 0.25) is 0 Å². The number of rotatable bonds is 4. The van der Waals surface area contributed by atoms with Gasteiger partial charge in [-0.05, 0) is 27.1 Å². The molecule has 0 aliphatic carbocycles. The molecule has 1 amide bonds. The molecule has 1 fully saturated rings. The molecule has 4 heteroatoms. The van der Waals surface area contributed by atoms with Crippen molar-refractivity contribution in [2.75, 3.05) is 33.7 Å². The van der Waals surface area contributed by atoms with Crippen LogP contribution in [0.4, 0.5) is 0 Å². The summed E-state index contributed by atoms with van der Waals surface area (Å²) in [6.07, 6.45) is 0.980. The largest absolute Gasteiger partial charge is 0.353 e. The molecule has 0 spiro atoms. The van der Waals surface area contributed by atoms with Crippen molar-refractivity contribution in [3.63, 3.8) is 0 Å². The summed E-state index contributed by atoms with van der Waals surface area (Å²) in [5.74, 6) is 0.142. The molecule has 0 aromatic heterocycles. The Balaban J connectivity index is 2.02. The second-order valence-electron chi connectivity index (χ2n) is 3.39. The molecule has 1 heterocycles. The predicted octanol–water partition coefficient (Wildman–Crippen LogP) is -0.974. The van der Waals surface area contributed by atoms with E-state index in [1.54, 1.807) is 0 Å². The second-order valence-corrected chi connectivity index (χ2v) is 3.39. The lowest BCUT2D eigenvalue weighted by Crippen LogP contribution is -2.53. The number of amides is 1. The molecule has 1 saturated heterocycles. The van der Waals surface area contributed by atoms with Crippen LogP contribution in [0, 0.1) is 0 Å². The van der Waals surface area contributed by atoms with Crippen LogP contribution in [0.3, 0.4) is 0 Å². The lowest BCUT2D eigenvalue weighted by atomic mass is 10.1. The smallest absolute Gasteiger partial charge is 0.237 e. The number of carbonyl (C=O) groups is 1. The Labute approximate surface area is 73.3 Å². The molecular weight excluding hydrogens is 154 g/mol. The quantitative estimate of drug-likeness (QED) is 0.572. The minimum atomic E-state index is 0.0761. The molecule has 2 N–H and O–H groups in total. The number of hydrogen-bond donors (Lipinski definition) is 2. The van der Waals surface area contributed by atoms with E-state index in [2.05, 4.69) is 15.5 Å². The van der Waals surface area contributed by atoms with Crippen LogP contribution in [0.25, 0.3) is 0 Å². The average Bonchev–Trinajstić information content (AvgIpc) is 1.81. The fourth-order valence-electron chi connectivity index (χ4n) is 1.04. The van der Waals surface area contributed by atoms with Crippen LogP contribution < -0.4 is 10.6 Å².